The second-order valence-electron chi connectivity index (χ2n) is 4.43. The third-order valence-corrected chi connectivity index (χ3v) is 3.16. The van der Waals surface area contributed by atoms with E-state index in [1.807, 2.05) is 30.3 Å². The highest BCUT2D eigenvalue weighted by Crippen LogP contribution is 2.16. The Kier molecular flexibility index (Phi) is 4.11. The van der Waals surface area contributed by atoms with Crippen molar-refractivity contribution in [3.63, 3.8) is 0 Å². The molecule has 0 saturated heterocycles. The summed E-state index contributed by atoms with van der Waals surface area (Å²) in [5, 5.41) is 8.70. The summed E-state index contributed by atoms with van der Waals surface area (Å²) in [5.41, 5.74) is 2.83. The van der Waals surface area contributed by atoms with E-state index in [2.05, 4.69) is 11.9 Å². The van der Waals surface area contributed by atoms with Crippen molar-refractivity contribution in [2.75, 3.05) is 11.9 Å². The SMILES string of the molecule is CCc1ccc(N(C)C(=O)c2ccc(C#N)nc2)cc1. The van der Waals surface area contributed by atoms with E-state index in [4.69, 9.17) is 5.26 Å². The second-order valence-corrected chi connectivity index (χ2v) is 4.43. The third-order valence-electron chi connectivity index (χ3n) is 3.16. The molecule has 0 aliphatic heterocycles. The Balaban J connectivity index is 2.20. The fourth-order valence-corrected chi connectivity index (χ4v) is 1.85. The number of hydrogen-bond acceptors (Lipinski definition) is 3. The van der Waals surface area contributed by atoms with Crippen LogP contribution in [0.5, 0.6) is 0 Å². The molecule has 2 aromatic rings. The number of carbonyl (C=O) groups is 1. The summed E-state index contributed by atoms with van der Waals surface area (Å²) in [6.07, 6.45) is 2.40. The number of nitriles is 1. The van der Waals surface area contributed by atoms with Crippen LogP contribution in [0.3, 0.4) is 0 Å². The van der Waals surface area contributed by atoms with Crippen LogP contribution in [0.25, 0.3) is 0 Å². The van der Waals surface area contributed by atoms with Gasteiger partial charge in [-0.1, -0.05) is 19.1 Å². The van der Waals surface area contributed by atoms with E-state index in [9.17, 15) is 4.79 Å². The number of carbonyl (C=O) groups excluding carboxylic acids is 1. The van der Waals surface area contributed by atoms with Gasteiger partial charge >= 0.3 is 0 Å². The Bertz CT molecular complexity index is 639. The molecule has 0 aliphatic carbocycles. The van der Waals surface area contributed by atoms with Gasteiger partial charge in [-0.15, -0.1) is 0 Å². The minimum atomic E-state index is -0.147. The molecule has 0 radical (unpaired) electrons. The van der Waals surface area contributed by atoms with Gasteiger partial charge in [0.1, 0.15) is 11.8 Å². The topological polar surface area (TPSA) is 57.0 Å². The van der Waals surface area contributed by atoms with Gasteiger partial charge in [0, 0.05) is 18.9 Å². The average molecular weight is 265 g/mol. The van der Waals surface area contributed by atoms with Crippen LogP contribution >= 0.6 is 0 Å². The average Bonchev–Trinajstić information content (AvgIpc) is 2.53. The molecule has 0 saturated carbocycles. The van der Waals surface area contributed by atoms with Crippen molar-refractivity contribution in [2.24, 2.45) is 0 Å². The van der Waals surface area contributed by atoms with Crippen LogP contribution in [0.4, 0.5) is 5.69 Å². The molecule has 4 heteroatoms. The number of hydrogen-bond donors (Lipinski definition) is 0. The lowest BCUT2D eigenvalue weighted by Crippen LogP contribution is -2.26. The van der Waals surface area contributed by atoms with Crippen molar-refractivity contribution in [3.05, 3.63) is 59.4 Å². The van der Waals surface area contributed by atoms with Gasteiger partial charge in [0.15, 0.2) is 0 Å². The Labute approximate surface area is 118 Å². The minimum Gasteiger partial charge on any atom is -0.311 e. The molecule has 0 bridgehead atoms. The first kappa shape index (κ1) is 13.8. The molecular formula is C16H15N3O. The third kappa shape index (κ3) is 2.83. The van der Waals surface area contributed by atoms with Gasteiger partial charge < -0.3 is 4.90 Å². The molecule has 1 heterocycles. The maximum atomic E-state index is 12.3. The zero-order valence-corrected chi connectivity index (χ0v) is 11.5. The summed E-state index contributed by atoms with van der Waals surface area (Å²) in [6.45, 7) is 2.09. The zero-order valence-electron chi connectivity index (χ0n) is 11.5. The predicted octanol–water partition coefficient (Wildman–Crippen LogP) is 2.79. The molecule has 2 rings (SSSR count). The van der Waals surface area contributed by atoms with Gasteiger partial charge in [-0.3, -0.25) is 4.79 Å². The van der Waals surface area contributed by atoms with E-state index in [1.54, 1.807) is 24.1 Å². The monoisotopic (exact) mass is 265 g/mol. The standard InChI is InChI=1S/C16H15N3O/c1-3-12-4-8-15(9-5-12)19(2)16(20)13-6-7-14(10-17)18-11-13/h4-9,11H,3H2,1-2H3. The lowest BCUT2D eigenvalue weighted by molar-refractivity contribution is 0.0992. The molecule has 1 aromatic heterocycles. The maximum absolute atomic E-state index is 12.3. The Morgan fingerprint density at radius 3 is 2.45 bits per heavy atom. The Morgan fingerprint density at radius 2 is 1.95 bits per heavy atom. The molecule has 20 heavy (non-hydrogen) atoms. The molecular weight excluding hydrogens is 250 g/mol. The first-order valence-corrected chi connectivity index (χ1v) is 6.39. The number of nitrogens with zero attached hydrogens (tertiary/aromatic N) is 3. The minimum absolute atomic E-state index is 0.147. The summed E-state index contributed by atoms with van der Waals surface area (Å²) >= 11 is 0. The lowest BCUT2D eigenvalue weighted by atomic mass is 10.1. The van der Waals surface area contributed by atoms with Crippen molar-refractivity contribution < 1.29 is 4.79 Å². The summed E-state index contributed by atoms with van der Waals surface area (Å²) in [6, 6.07) is 13.0. The van der Waals surface area contributed by atoms with Crippen molar-refractivity contribution in [2.45, 2.75) is 13.3 Å². The van der Waals surface area contributed by atoms with Crippen LogP contribution in [0, 0.1) is 11.3 Å². The van der Waals surface area contributed by atoms with Crippen molar-refractivity contribution >= 4 is 11.6 Å². The van der Waals surface area contributed by atoms with E-state index in [0.717, 1.165) is 12.1 Å². The molecule has 0 spiro atoms. The molecule has 0 N–H and O–H groups in total. The molecule has 1 amide bonds. The predicted molar refractivity (Wildman–Crippen MR) is 77.5 cm³/mol. The molecule has 4 nitrogen and oxygen atoms in total. The highest BCUT2D eigenvalue weighted by Gasteiger charge is 2.13. The molecule has 0 atom stereocenters. The molecule has 100 valence electrons. The summed E-state index contributed by atoms with van der Waals surface area (Å²) < 4.78 is 0. The van der Waals surface area contributed by atoms with E-state index in [0.29, 0.717) is 11.3 Å². The lowest BCUT2D eigenvalue weighted by Gasteiger charge is -2.17. The van der Waals surface area contributed by atoms with E-state index < -0.39 is 0 Å². The van der Waals surface area contributed by atoms with Crippen LogP contribution in [0.1, 0.15) is 28.5 Å². The van der Waals surface area contributed by atoms with Gasteiger partial charge in [-0.2, -0.15) is 5.26 Å². The van der Waals surface area contributed by atoms with Gasteiger partial charge in [0.2, 0.25) is 0 Å². The van der Waals surface area contributed by atoms with Crippen molar-refractivity contribution in [1.29, 1.82) is 5.26 Å². The Hall–Kier alpha value is -2.67. The first-order valence-electron chi connectivity index (χ1n) is 6.39. The molecule has 0 unspecified atom stereocenters. The first-order chi connectivity index (χ1) is 9.65. The van der Waals surface area contributed by atoms with Crippen LogP contribution in [0.15, 0.2) is 42.6 Å². The number of aromatic nitrogens is 1. The zero-order chi connectivity index (χ0) is 14.5. The number of pyridine rings is 1. The van der Waals surface area contributed by atoms with Gasteiger partial charge in [-0.05, 0) is 36.2 Å². The summed E-state index contributed by atoms with van der Waals surface area (Å²) in [7, 11) is 1.72. The fraction of sp³-hybridized carbons (Fsp3) is 0.188. The largest absolute Gasteiger partial charge is 0.311 e. The number of anilines is 1. The van der Waals surface area contributed by atoms with Crippen LogP contribution < -0.4 is 4.90 Å². The fourth-order valence-electron chi connectivity index (χ4n) is 1.85. The van der Waals surface area contributed by atoms with Gasteiger partial charge in [0.25, 0.3) is 5.91 Å². The van der Waals surface area contributed by atoms with Gasteiger partial charge in [0.05, 0.1) is 5.56 Å². The van der Waals surface area contributed by atoms with Crippen LogP contribution in [-0.2, 0) is 6.42 Å². The molecule has 0 aliphatic rings. The number of rotatable bonds is 3. The number of benzene rings is 1. The highest BCUT2D eigenvalue weighted by atomic mass is 16.2. The number of aryl methyl sites for hydroxylation is 1. The second kappa shape index (κ2) is 5.98. The molecule has 0 fully saturated rings. The smallest absolute Gasteiger partial charge is 0.259 e. The highest BCUT2D eigenvalue weighted by molar-refractivity contribution is 6.05. The van der Waals surface area contributed by atoms with Crippen molar-refractivity contribution in [3.8, 4) is 6.07 Å². The molecule has 1 aromatic carbocycles. The normalized spacial score (nSPS) is 9.85. The van der Waals surface area contributed by atoms with Crippen LogP contribution in [0.2, 0.25) is 0 Å². The van der Waals surface area contributed by atoms with Crippen molar-refractivity contribution in [1.82, 2.24) is 4.98 Å². The Morgan fingerprint density at radius 1 is 1.25 bits per heavy atom. The van der Waals surface area contributed by atoms with Gasteiger partial charge in [-0.25, -0.2) is 4.98 Å². The van der Waals surface area contributed by atoms with E-state index in [-0.39, 0.29) is 5.91 Å². The van der Waals surface area contributed by atoms with Crippen LogP contribution in [-0.4, -0.2) is 17.9 Å². The quantitative estimate of drug-likeness (QED) is 0.857. The number of amides is 1. The summed E-state index contributed by atoms with van der Waals surface area (Å²) in [4.78, 5) is 17.8. The summed E-state index contributed by atoms with van der Waals surface area (Å²) in [5.74, 6) is -0.147. The van der Waals surface area contributed by atoms with E-state index in [1.165, 1.54) is 11.8 Å². The van der Waals surface area contributed by atoms with E-state index >= 15 is 0 Å². The maximum Gasteiger partial charge on any atom is 0.259 e.